The van der Waals surface area contributed by atoms with Crippen LogP contribution in [0.2, 0.25) is 0 Å². The Kier molecular flexibility index (Phi) is 8.12. The molecule has 0 amide bonds. The summed E-state index contributed by atoms with van der Waals surface area (Å²) in [6.45, 7) is 1.84. The predicted molar refractivity (Wildman–Crippen MR) is 98.2 cm³/mol. The zero-order chi connectivity index (χ0) is 21.3. The van der Waals surface area contributed by atoms with E-state index in [-0.39, 0.29) is 16.1 Å². The molecule has 13 heteroatoms. The average Bonchev–Trinajstić information content (AvgIpc) is 2.63. The molecule has 11 nitrogen and oxygen atoms in total. The lowest BCUT2D eigenvalue weighted by Crippen LogP contribution is -2.27. The highest BCUT2D eigenvalue weighted by Crippen LogP contribution is 2.15. The van der Waals surface area contributed by atoms with E-state index in [0.29, 0.717) is 0 Å². The third kappa shape index (κ3) is 7.45. The number of nitro groups is 1. The van der Waals surface area contributed by atoms with Crippen LogP contribution < -0.4 is 11.2 Å². The zero-order valence-electron chi connectivity index (χ0n) is 14.4. The molecular formula is C15H16FN5O6S. The molecule has 0 bridgehead atoms. The van der Waals surface area contributed by atoms with Crippen molar-refractivity contribution in [2.24, 2.45) is 15.9 Å². The molecule has 150 valence electrons. The van der Waals surface area contributed by atoms with Gasteiger partial charge in [-0.2, -0.15) is 13.5 Å². The van der Waals surface area contributed by atoms with Crippen molar-refractivity contribution in [3.63, 3.8) is 0 Å². The van der Waals surface area contributed by atoms with E-state index in [1.807, 2.05) is 6.92 Å². The normalized spacial score (nSPS) is 11.6. The summed E-state index contributed by atoms with van der Waals surface area (Å²) in [5.41, 5.74) is 7.10. The Morgan fingerprint density at radius 1 is 1.29 bits per heavy atom. The van der Waals surface area contributed by atoms with Crippen LogP contribution >= 0.6 is 0 Å². The maximum absolute atomic E-state index is 13.2. The van der Waals surface area contributed by atoms with Crippen molar-refractivity contribution in [3.05, 3.63) is 69.5 Å². The van der Waals surface area contributed by atoms with Gasteiger partial charge in [0.05, 0.1) is 16.0 Å². The number of non-ortho nitro benzene ring substituents is 1. The second-order valence-corrected chi connectivity index (χ2v) is 6.51. The van der Waals surface area contributed by atoms with Crippen molar-refractivity contribution in [2.45, 2.75) is 11.8 Å². The topological polar surface area (TPSA) is 181 Å². The van der Waals surface area contributed by atoms with Gasteiger partial charge in [0, 0.05) is 17.7 Å². The second kappa shape index (κ2) is 10.1. The van der Waals surface area contributed by atoms with Crippen molar-refractivity contribution in [3.8, 4) is 0 Å². The lowest BCUT2D eigenvalue weighted by Gasteiger charge is -1.96. The summed E-state index contributed by atoms with van der Waals surface area (Å²) >= 11 is 0. The van der Waals surface area contributed by atoms with Crippen LogP contribution in [0, 0.1) is 22.9 Å². The molecule has 0 aliphatic carbocycles. The average molecular weight is 413 g/mol. The van der Waals surface area contributed by atoms with E-state index in [0.717, 1.165) is 30.0 Å². The minimum absolute atomic E-state index is 0.0666. The van der Waals surface area contributed by atoms with Gasteiger partial charge in [0.1, 0.15) is 5.82 Å². The SMILES string of the molecule is Cc1ccc(S(=O)(=O)O)cc1.NC(=N/N=C/c1cc([N+](=O)[O-])ccc1F)NO. The third-order valence-electron chi connectivity index (χ3n) is 2.99. The maximum Gasteiger partial charge on any atom is 0.294 e. The fourth-order valence-electron chi connectivity index (χ4n) is 1.63. The number of guanidine groups is 1. The van der Waals surface area contributed by atoms with Gasteiger partial charge in [-0.25, -0.2) is 9.87 Å². The van der Waals surface area contributed by atoms with Crippen LogP contribution in [0.4, 0.5) is 10.1 Å². The first-order valence-corrected chi connectivity index (χ1v) is 8.73. The molecule has 0 saturated carbocycles. The first kappa shape index (κ1) is 22.6. The van der Waals surface area contributed by atoms with E-state index in [4.69, 9.17) is 15.5 Å². The van der Waals surface area contributed by atoms with Crippen molar-refractivity contribution in [1.82, 2.24) is 5.48 Å². The smallest absolute Gasteiger partial charge is 0.294 e. The van der Waals surface area contributed by atoms with E-state index in [1.54, 1.807) is 12.1 Å². The van der Waals surface area contributed by atoms with Gasteiger partial charge >= 0.3 is 0 Å². The number of halogens is 1. The second-order valence-electron chi connectivity index (χ2n) is 5.09. The van der Waals surface area contributed by atoms with Gasteiger partial charge in [0.25, 0.3) is 15.8 Å². The predicted octanol–water partition coefficient (Wildman–Crippen LogP) is 1.60. The van der Waals surface area contributed by atoms with Crippen LogP contribution in [0.25, 0.3) is 0 Å². The fourth-order valence-corrected chi connectivity index (χ4v) is 2.11. The Balaban J connectivity index is 0.000000307. The van der Waals surface area contributed by atoms with E-state index in [9.17, 15) is 22.9 Å². The summed E-state index contributed by atoms with van der Waals surface area (Å²) in [5, 5.41) is 25.2. The first-order valence-electron chi connectivity index (χ1n) is 7.29. The van der Waals surface area contributed by atoms with E-state index >= 15 is 0 Å². The lowest BCUT2D eigenvalue weighted by molar-refractivity contribution is -0.384. The quantitative estimate of drug-likeness (QED) is 0.192. The Morgan fingerprint density at radius 2 is 1.89 bits per heavy atom. The molecule has 5 N–H and O–H groups in total. The molecule has 2 aromatic carbocycles. The van der Waals surface area contributed by atoms with Crippen LogP contribution in [0.1, 0.15) is 11.1 Å². The van der Waals surface area contributed by atoms with Crippen molar-refractivity contribution in [2.75, 3.05) is 0 Å². The minimum atomic E-state index is -4.02. The molecule has 2 rings (SSSR count). The summed E-state index contributed by atoms with van der Waals surface area (Å²) in [4.78, 5) is 9.71. The molecule has 28 heavy (non-hydrogen) atoms. The number of hydrogen-bond donors (Lipinski definition) is 4. The highest BCUT2D eigenvalue weighted by atomic mass is 32.2. The number of nitro benzene ring substituents is 1. The van der Waals surface area contributed by atoms with E-state index in [1.165, 1.54) is 17.6 Å². The van der Waals surface area contributed by atoms with Crippen LogP contribution in [-0.2, 0) is 10.1 Å². The molecular weight excluding hydrogens is 397 g/mol. The zero-order valence-corrected chi connectivity index (χ0v) is 15.2. The molecule has 0 heterocycles. The number of hydrogen-bond acceptors (Lipinski definition) is 7. The molecule has 0 unspecified atom stereocenters. The highest BCUT2D eigenvalue weighted by Gasteiger charge is 2.09. The van der Waals surface area contributed by atoms with E-state index < -0.39 is 26.8 Å². The molecule has 0 aromatic heterocycles. The Hall–Kier alpha value is -3.42. The molecule has 0 radical (unpaired) electrons. The molecule has 0 atom stereocenters. The number of nitrogens with two attached hydrogens (primary N) is 1. The van der Waals surface area contributed by atoms with Crippen LogP contribution in [0.5, 0.6) is 0 Å². The van der Waals surface area contributed by atoms with Crippen molar-refractivity contribution >= 4 is 28.0 Å². The lowest BCUT2D eigenvalue weighted by atomic mass is 10.2. The highest BCUT2D eigenvalue weighted by molar-refractivity contribution is 7.85. The summed E-state index contributed by atoms with van der Waals surface area (Å²) in [6.07, 6.45) is 0.937. The number of rotatable bonds is 4. The van der Waals surface area contributed by atoms with Crippen molar-refractivity contribution in [1.29, 1.82) is 0 Å². The van der Waals surface area contributed by atoms with Gasteiger partial charge in [-0.05, 0) is 25.1 Å². The van der Waals surface area contributed by atoms with Gasteiger partial charge in [0.2, 0.25) is 5.96 Å². The molecule has 0 spiro atoms. The Bertz CT molecular complexity index is 992. The summed E-state index contributed by atoms with van der Waals surface area (Å²) < 4.78 is 42.7. The largest absolute Gasteiger partial charge is 0.367 e. The van der Waals surface area contributed by atoms with Crippen LogP contribution in [-0.4, -0.2) is 35.3 Å². The molecule has 0 saturated heterocycles. The van der Waals surface area contributed by atoms with Gasteiger partial charge in [-0.3, -0.25) is 19.9 Å². The first-order chi connectivity index (χ1) is 13.0. The van der Waals surface area contributed by atoms with Gasteiger partial charge in [-0.15, -0.1) is 5.10 Å². The monoisotopic (exact) mass is 413 g/mol. The number of hydroxylamine groups is 1. The van der Waals surface area contributed by atoms with Crippen LogP contribution in [0.3, 0.4) is 0 Å². The summed E-state index contributed by atoms with van der Waals surface area (Å²) in [7, 11) is -4.02. The fraction of sp³-hybridized carbons (Fsp3) is 0.0667. The number of benzene rings is 2. The van der Waals surface area contributed by atoms with Gasteiger partial charge in [0.15, 0.2) is 0 Å². The van der Waals surface area contributed by atoms with Crippen LogP contribution in [0.15, 0.2) is 57.6 Å². The third-order valence-corrected chi connectivity index (χ3v) is 3.85. The van der Waals surface area contributed by atoms with Crippen molar-refractivity contribution < 1.29 is 27.5 Å². The molecule has 0 fully saturated rings. The van der Waals surface area contributed by atoms with Gasteiger partial charge < -0.3 is 5.73 Å². The molecule has 0 aliphatic heterocycles. The molecule has 2 aromatic rings. The molecule has 0 aliphatic rings. The Morgan fingerprint density at radius 3 is 2.39 bits per heavy atom. The maximum atomic E-state index is 13.2. The number of aryl methyl sites for hydroxylation is 1. The number of nitrogens with zero attached hydrogens (tertiary/aromatic N) is 3. The Labute approximate surface area is 158 Å². The summed E-state index contributed by atoms with van der Waals surface area (Å²) in [6, 6.07) is 8.95. The summed E-state index contributed by atoms with van der Waals surface area (Å²) in [5.74, 6) is -1.09. The standard InChI is InChI=1S/C8H8FN5O3.C7H8O3S/c9-7-2-1-6(14(16)17)3-5(7)4-11-12-8(10)13-15;1-6-2-4-7(5-3-6)11(8,9)10/h1-4,15H,(H3,10,12,13);2-5H,1H3,(H,8,9,10)/b11-4+;. The van der Waals surface area contributed by atoms with E-state index in [2.05, 4.69) is 10.2 Å². The minimum Gasteiger partial charge on any atom is -0.367 e. The van der Waals surface area contributed by atoms with Gasteiger partial charge in [-0.1, -0.05) is 17.7 Å². The number of nitrogens with one attached hydrogen (secondary N) is 1.